The summed E-state index contributed by atoms with van der Waals surface area (Å²) in [6.07, 6.45) is 20.0. The molecule has 184 valence electrons. The van der Waals surface area contributed by atoms with Gasteiger partial charge in [-0.3, -0.25) is 9.59 Å². The highest BCUT2D eigenvalue weighted by atomic mass is 16.5. The molecule has 0 saturated heterocycles. The Balaban J connectivity index is 1.28. The van der Waals surface area contributed by atoms with Crippen molar-refractivity contribution in [3.8, 4) is 0 Å². The summed E-state index contributed by atoms with van der Waals surface area (Å²) >= 11 is 0. The zero-order valence-corrected chi connectivity index (χ0v) is 21.1. The summed E-state index contributed by atoms with van der Waals surface area (Å²) in [6.45, 7) is 7.33. The van der Waals surface area contributed by atoms with Crippen molar-refractivity contribution in [1.82, 2.24) is 9.55 Å². The van der Waals surface area contributed by atoms with E-state index in [4.69, 9.17) is 4.74 Å². The highest BCUT2D eigenvalue weighted by Crippen LogP contribution is 2.65. The van der Waals surface area contributed by atoms with Gasteiger partial charge in [0.25, 0.3) is 0 Å². The van der Waals surface area contributed by atoms with Gasteiger partial charge in [-0.05, 0) is 79.1 Å². The number of ether oxygens (including phenoxy) is 1. The van der Waals surface area contributed by atoms with Gasteiger partial charge in [0.05, 0.1) is 12.9 Å². The lowest BCUT2D eigenvalue weighted by atomic mass is 9.47. The number of unbranched alkanes of at least 4 members (excludes halogenated alkanes) is 1. The molecule has 1 aromatic heterocycles. The van der Waals surface area contributed by atoms with Crippen molar-refractivity contribution in [2.45, 2.75) is 97.6 Å². The minimum atomic E-state index is -0.0249. The van der Waals surface area contributed by atoms with E-state index in [1.165, 1.54) is 12.0 Å². The Hall–Kier alpha value is -2.17. The molecule has 5 rings (SSSR count). The van der Waals surface area contributed by atoms with E-state index in [9.17, 15) is 9.59 Å². The molecule has 0 N–H and O–H groups in total. The van der Waals surface area contributed by atoms with Gasteiger partial charge in [0, 0.05) is 25.2 Å². The third-order valence-electron chi connectivity index (χ3n) is 9.86. The van der Waals surface area contributed by atoms with Crippen LogP contribution in [0.2, 0.25) is 0 Å². The molecule has 0 aliphatic heterocycles. The molecule has 5 nitrogen and oxygen atoms in total. The molecular formula is C29H40N2O3. The van der Waals surface area contributed by atoms with E-state index in [0.29, 0.717) is 30.7 Å². The molecule has 2 saturated carbocycles. The van der Waals surface area contributed by atoms with E-state index < -0.39 is 0 Å². The number of allylic oxidation sites excluding steroid dienone is 3. The SMILES string of the molecule is CCCCC(=O)O[C@H]1CC[C@@]2(C)C(=CC[C@@H]3[C@@H]2CC[C@]2(C)C(C(=O)Cn4ccnc4)=CC[C@@H]32)C1. The lowest BCUT2D eigenvalue weighted by Gasteiger charge is -2.57. The van der Waals surface area contributed by atoms with Crippen LogP contribution in [-0.4, -0.2) is 27.4 Å². The van der Waals surface area contributed by atoms with E-state index in [0.717, 1.165) is 56.9 Å². The number of carbonyl (C=O) groups excluding carboxylic acids is 2. The van der Waals surface area contributed by atoms with Gasteiger partial charge in [0.1, 0.15) is 6.10 Å². The molecule has 0 radical (unpaired) electrons. The van der Waals surface area contributed by atoms with Gasteiger partial charge in [-0.25, -0.2) is 4.98 Å². The average molecular weight is 465 g/mol. The Morgan fingerprint density at radius 1 is 1.12 bits per heavy atom. The third-order valence-corrected chi connectivity index (χ3v) is 9.86. The van der Waals surface area contributed by atoms with Crippen LogP contribution in [0.15, 0.2) is 42.0 Å². The second-order valence-electron chi connectivity index (χ2n) is 11.7. The Morgan fingerprint density at radius 2 is 1.94 bits per heavy atom. The molecule has 34 heavy (non-hydrogen) atoms. The summed E-state index contributed by atoms with van der Waals surface area (Å²) in [5, 5.41) is 0. The van der Waals surface area contributed by atoms with Crippen molar-refractivity contribution in [1.29, 1.82) is 0 Å². The van der Waals surface area contributed by atoms with Crippen LogP contribution in [0.5, 0.6) is 0 Å². The van der Waals surface area contributed by atoms with Crippen LogP contribution in [0.4, 0.5) is 0 Å². The number of imidazole rings is 1. The molecule has 6 atom stereocenters. The average Bonchev–Trinajstić information content (AvgIpc) is 3.45. The van der Waals surface area contributed by atoms with Crippen molar-refractivity contribution >= 4 is 11.8 Å². The van der Waals surface area contributed by atoms with Gasteiger partial charge in [-0.1, -0.05) is 44.9 Å². The van der Waals surface area contributed by atoms with E-state index in [1.54, 1.807) is 12.5 Å². The summed E-state index contributed by atoms with van der Waals surface area (Å²) in [6, 6.07) is 0. The first-order valence-electron chi connectivity index (χ1n) is 13.4. The standard InChI is InChI=1S/C29H40N2O3/c1-4-5-6-27(33)34-21-11-13-28(2)20(17-21)7-8-22-23-9-10-25(29(23,3)14-12-24(22)28)26(32)18-31-16-15-30-19-31/h7,10,15-16,19,21-24H,4-6,8-9,11-14,17-18H2,1-3H3/t21-,22-,23-,24-,28-,29-/m0/s1. The van der Waals surface area contributed by atoms with Crippen molar-refractivity contribution in [3.63, 3.8) is 0 Å². The molecule has 0 amide bonds. The van der Waals surface area contributed by atoms with E-state index in [-0.39, 0.29) is 28.7 Å². The van der Waals surface area contributed by atoms with Crippen LogP contribution >= 0.6 is 0 Å². The number of nitrogens with zero attached hydrogens (tertiary/aromatic N) is 2. The molecular weight excluding hydrogens is 424 g/mol. The lowest BCUT2D eigenvalue weighted by Crippen LogP contribution is -2.50. The van der Waals surface area contributed by atoms with Gasteiger partial charge in [-0.2, -0.15) is 0 Å². The maximum atomic E-state index is 13.2. The smallest absolute Gasteiger partial charge is 0.306 e. The predicted octanol–water partition coefficient (Wildman–Crippen LogP) is 6.05. The second kappa shape index (κ2) is 9.13. The van der Waals surface area contributed by atoms with Crippen LogP contribution in [0.3, 0.4) is 0 Å². The van der Waals surface area contributed by atoms with Crippen molar-refractivity contribution in [2.24, 2.45) is 28.6 Å². The van der Waals surface area contributed by atoms with Crippen LogP contribution in [0.25, 0.3) is 0 Å². The van der Waals surface area contributed by atoms with Crippen molar-refractivity contribution < 1.29 is 14.3 Å². The molecule has 0 aromatic carbocycles. The quantitative estimate of drug-likeness (QED) is 0.364. The second-order valence-corrected chi connectivity index (χ2v) is 11.7. The number of carbonyl (C=O) groups is 2. The minimum Gasteiger partial charge on any atom is -0.462 e. The number of aromatic nitrogens is 2. The highest BCUT2D eigenvalue weighted by Gasteiger charge is 2.57. The van der Waals surface area contributed by atoms with Crippen LogP contribution in [0, 0.1) is 28.6 Å². The van der Waals surface area contributed by atoms with E-state index >= 15 is 0 Å². The number of hydrogen-bond acceptors (Lipinski definition) is 4. The predicted molar refractivity (Wildman–Crippen MR) is 132 cm³/mol. The first-order valence-corrected chi connectivity index (χ1v) is 13.4. The number of ketones is 1. The molecule has 4 aliphatic carbocycles. The maximum absolute atomic E-state index is 13.2. The Labute approximate surface area is 204 Å². The summed E-state index contributed by atoms with van der Waals surface area (Å²) in [5.74, 6) is 2.07. The molecule has 5 heteroatoms. The number of rotatable bonds is 7. The molecule has 0 unspecified atom stereocenters. The minimum absolute atomic E-state index is 0.00740. The molecule has 1 heterocycles. The molecule has 0 spiro atoms. The summed E-state index contributed by atoms with van der Waals surface area (Å²) in [7, 11) is 0. The van der Waals surface area contributed by atoms with Gasteiger partial charge in [0.15, 0.2) is 5.78 Å². The van der Waals surface area contributed by atoms with Crippen LogP contribution in [-0.2, 0) is 20.9 Å². The van der Waals surface area contributed by atoms with Gasteiger partial charge in [0.2, 0.25) is 0 Å². The topological polar surface area (TPSA) is 61.2 Å². The van der Waals surface area contributed by atoms with Crippen LogP contribution in [0.1, 0.15) is 85.0 Å². The number of fused-ring (bicyclic) bond motifs is 5. The first kappa shape index (κ1) is 23.6. The zero-order valence-electron chi connectivity index (χ0n) is 21.1. The van der Waals surface area contributed by atoms with Gasteiger partial charge < -0.3 is 9.30 Å². The Morgan fingerprint density at radius 3 is 2.71 bits per heavy atom. The number of Topliss-reactive ketones (excluding diaryl/α,β-unsaturated/α-hetero) is 1. The molecule has 2 fully saturated rings. The monoisotopic (exact) mass is 464 g/mol. The fourth-order valence-corrected chi connectivity index (χ4v) is 7.92. The Kier molecular flexibility index (Phi) is 6.32. The molecule has 4 aliphatic rings. The number of esters is 1. The van der Waals surface area contributed by atoms with Crippen molar-refractivity contribution in [2.75, 3.05) is 0 Å². The fraction of sp³-hybridized carbons (Fsp3) is 0.690. The van der Waals surface area contributed by atoms with Crippen LogP contribution < -0.4 is 0 Å². The van der Waals surface area contributed by atoms with Crippen molar-refractivity contribution in [3.05, 3.63) is 42.0 Å². The Bertz CT molecular complexity index is 993. The lowest BCUT2D eigenvalue weighted by molar-refractivity contribution is -0.151. The van der Waals surface area contributed by atoms with Gasteiger partial charge >= 0.3 is 5.97 Å². The summed E-state index contributed by atoms with van der Waals surface area (Å²) < 4.78 is 7.74. The third kappa shape index (κ3) is 3.99. The molecule has 0 bridgehead atoms. The summed E-state index contributed by atoms with van der Waals surface area (Å²) in [4.78, 5) is 29.5. The largest absolute Gasteiger partial charge is 0.462 e. The summed E-state index contributed by atoms with van der Waals surface area (Å²) in [5.41, 5.74) is 2.79. The fourth-order valence-electron chi connectivity index (χ4n) is 7.92. The molecule has 1 aromatic rings. The zero-order chi connectivity index (χ0) is 23.9. The normalized spacial score (nSPS) is 36.6. The first-order chi connectivity index (χ1) is 16.3. The highest BCUT2D eigenvalue weighted by molar-refractivity contribution is 5.97. The van der Waals surface area contributed by atoms with E-state index in [1.807, 2.05) is 10.8 Å². The van der Waals surface area contributed by atoms with E-state index in [2.05, 4.69) is 37.9 Å². The maximum Gasteiger partial charge on any atom is 0.306 e. The number of hydrogen-bond donors (Lipinski definition) is 0. The van der Waals surface area contributed by atoms with Gasteiger partial charge in [-0.15, -0.1) is 0 Å².